The molecule has 0 spiro atoms. The number of nitrogens with one attached hydrogen (secondary N) is 1. The quantitative estimate of drug-likeness (QED) is 0.697. The monoisotopic (exact) mass is 251 g/mol. The molecule has 17 heavy (non-hydrogen) atoms. The van der Waals surface area contributed by atoms with E-state index >= 15 is 0 Å². The molecule has 0 aliphatic heterocycles. The van der Waals surface area contributed by atoms with Crippen LogP contribution in [-0.4, -0.2) is 32.7 Å². The molecule has 0 aliphatic rings. The molecule has 0 saturated heterocycles. The van der Waals surface area contributed by atoms with Crippen molar-refractivity contribution in [2.24, 2.45) is 5.73 Å². The maximum atomic E-state index is 10.8. The molecule has 2 rings (SSSR count). The van der Waals surface area contributed by atoms with Crippen LogP contribution in [0.4, 0.5) is 0 Å². The molecule has 88 valence electrons. The van der Waals surface area contributed by atoms with Crippen molar-refractivity contribution in [2.45, 2.75) is 5.16 Å². The largest absolute Gasteiger partial charge is 0.478 e. The average Bonchev–Trinajstić information content (AvgIpc) is 2.67. The van der Waals surface area contributed by atoms with Gasteiger partial charge in [0.05, 0.1) is 22.3 Å². The van der Waals surface area contributed by atoms with Crippen molar-refractivity contribution in [2.75, 3.05) is 5.75 Å². The van der Waals surface area contributed by atoms with E-state index in [1.165, 1.54) is 23.9 Å². The lowest BCUT2D eigenvalue weighted by atomic mass is 10.2. The predicted octanol–water partition coefficient (Wildman–Crippen LogP) is 0.839. The van der Waals surface area contributed by atoms with Gasteiger partial charge in [-0.2, -0.15) is 0 Å². The first-order chi connectivity index (χ1) is 8.06. The Bertz CT molecular complexity index is 593. The highest BCUT2D eigenvalue weighted by atomic mass is 32.2. The lowest BCUT2D eigenvalue weighted by molar-refractivity contribution is -0.115. The molecular weight excluding hydrogens is 242 g/mol. The van der Waals surface area contributed by atoms with Crippen molar-refractivity contribution in [3.8, 4) is 0 Å². The zero-order chi connectivity index (χ0) is 12.4. The Kier molecular flexibility index (Phi) is 3.01. The van der Waals surface area contributed by atoms with E-state index in [0.717, 1.165) is 0 Å². The van der Waals surface area contributed by atoms with E-state index in [9.17, 15) is 9.59 Å². The Morgan fingerprint density at radius 3 is 2.88 bits per heavy atom. The van der Waals surface area contributed by atoms with Crippen molar-refractivity contribution in [3.05, 3.63) is 23.8 Å². The topological polar surface area (TPSA) is 109 Å². The standard InChI is InChI=1S/C10H9N3O3S/c11-8(14)4-17-10-12-6-2-1-5(9(15)16)3-7(6)13-10/h1-3H,4H2,(H2,11,14)(H,12,13)(H,15,16). The summed E-state index contributed by atoms with van der Waals surface area (Å²) in [5.74, 6) is -1.29. The van der Waals surface area contributed by atoms with Crippen LogP contribution < -0.4 is 5.73 Å². The Labute approximate surface area is 100 Å². The smallest absolute Gasteiger partial charge is 0.335 e. The number of carboxylic acids is 1. The van der Waals surface area contributed by atoms with E-state index in [2.05, 4.69) is 9.97 Å². The fourth-order valence-electron chi connectivity index (χ4n) is 1.33. The number of benzene rings is 1. The van der Waals surface area contributed by atoms with E-state index in [0.29, 0.717) is 16.2 Å². The van der Waals surface area contributed by atoms with Crippen molar-refractivity contribution >= 4 is 34.7 Å². The van der Waals surface area contributed by atoms with Crippen LogP contribution in [0.15, 0.2) is 23.4 Å². The van der Waals surface area contributed by atoms with E-state index < -0.39 is 11.9 Å². The Balaban J connectivity index is 2.30. The Morgan fingerprint density at radius 2 is 2.24 bits per heavy atom. The van der Waals surface area contributed by atoms with Gasteiger partial charge in [-0.05, 0) is 18.2 Å². The second-order valence-electron chi connectivity index (χ2n) is 3.33. The summed E-state index contributed by atoms with van der Waals surface area (Å²) in [6.45, 7) is 0. The number of carbonyl (C=O) groups is 2. The average molecular weight is 251 g/mol. The van der Waals surface area contributed by atoms with Gasteiger partial charge in [-0.25, -0.2) is 9.78 Å². The summed E-state index contributed by atoms with van der Waals surface area (Å²) < 4.78 is 0. The number of amides is 1. The highest BCUT2D eigenvalue weighted by molar-refractivity contribution is 7.99. The minimum atomic E-state index is -0.993. The second kappa shape index (κ2) is 4.46. The minimum Gasteiger partial charge on any atom is -0.478 e. The number of hydrogen-bond acceptors (Lipinski definition) is 4. The van der Waals surface area contributed by atoms with Crippen LogP contribution in [0, 0.1) is 0 Å². The number of aromatic nitrogens is 2. The van der Waals surface area contributed by atoms with Crippen molar-refractivity contribution in [1.29, 1.82) is 0 Å². The lowest BCUT2D eigenvalue weighted by Crippen LogP contribution is -2.13. The number of carboxylic acid groups (broad SMARTS) is 1. The number of H-pyrrole nitrogens is 1. The van der Waals surface area contributed by atoms with E-state index in [-0.39, 0.29) is 11.3 Å². The molecule has 0 atom stereocenters. The van der Waals surface area contributed by atoms with Gasteiger partial charge in [0.2, 0.25) is 5.91 Å². The Morgan fingerprint density at radius 1 is 1.47 bits per heavy atom. The van der Waals surface area contributed by atoms with Crippen LogP contribution >= 0.6 is 11.8 Å². The number of nitrogens with two attached hydrogens (primary N) is 1. The fraction of sp³-hybridized carbons (Fsp3) is 0.100. The van der Waals surface area contributed by atoms with Crippen LogP contribution in [0.5, 0.6) is 0 Å². The molecule has 6 nitrogen and oxygen atoms in total. The SMILES string of the molecule is NC(=O)CSc1nc2ccc(C(=O)O)cc2[nH]1. The maximum Gasteiger partial charge on any atom is 0.335 e. The summed E-state index contributed by atoms with van der Waals surface area (Å²) >= 11 is 1.18. The van der Waals surface area contributed by atoms with Crippen molar-refractivity contribution < 1.29 is 14.7 Å². The number of imidazole rings is 1. The third-order valence-corrected chi connectivity index (χ3v) is 2.95. The summed E-state index contributed by atoms with van der Waals surface area (Å²) in [5.41, 5.74) is 6.48. The molecule has 1 heterocycles. The summed E-state index contributed by atoms with van der Waals surface area (Å²) in [6.07, 6.45) is 0. The third kappa shape index (κ3) is 2.56. The summed E-state index contributed by atoms with van der Waals surface area (Å²) in [7, 11) is 0. The first-order valence-corrected chi connectivity index (χ1v) is 5.69. The molecule has 2 aromatic rings. The maximum absolute atomic E-state index is 10.8. The van der Waals surface area contributed by atoms with Gasteiger partial charge in [0.15, 0.2) is 5.16 Å². The third-order valence-electron chi connectivity index (χ3n) is 2.06. The minimum absolute atomic E-state index is 0.131. The number of carbonyl (C=O) groups excluding carboxylic acids is 1. The zero-order valence-corrected chi connectivity index (χ0v) is 9.45. The lowest BCUT2D eigenvalue weighted by Gasteiger charge is -1.92. The second-order valence-corrected chi connectivity index (χ2v) is 4.30. The molecule has 7 heteroatoms. The van der Waals surface area contributed by atoms with Crippen molar-refractivity contribution in [3.63, 3.8) is 0 Å². The molecule has 0 bridgehead atoms. The van der Waals surface area contributed by atoms with Gasteiger partial charge >= 0.3 is 5.97 Å². The molecule has 1 amide bonds. The fourth-order valence-corrected chi connectivity index (χ4v) is 1.95. The normalized spacial score (nSPS) is 10.6. The van der Waals surface area contributed by atoms with E-state index in [4.69, 9.17) is 10.8 Å². The van der Waals surface area contributed by atoms with E-state index in [1.54, 1.807) is 6.07 Å². The van der Waals surface area contributed by atoms with Gasteiger partial charge < -0.3 is 15.8 Å². The molecule has 0 radical (unpaired) electrons. The van der Waals surface area contributed by atoms with Crippen LogP contribution in [0.2, 0.25) is 0 Å². The van der Waals surface area contributed by atoms with Crippen LogP contribution in [0.3, 0.4) is 0 Å². The summed E-state index contributed by atoms with van der Waals surface area (Å²) in [5, 5.41) is 9.37. The highest BCUT2D eigenvalue weighted by Crippen LogP contribution is 2.20. The number of nitrogens with zero attached hydrogens (tertiary/aromatic N) is 1. The molecule has 0 fully saturated rings. The molecule has 0 aliphatic carbocycles. The molecule has 1 aromatic heterocycles. The van der Waals surface area contributed by atoms with Crippen LogP contribution in [-0.2, 0) is 4.79 Å². The molecule has 1 aromatic carbocycles. The van der Waals surface area contributed by atoms with Gasteiger partial charge in [0.25, 0.3) is 0 Å². The van der Waals surface area contributed by atoms with Crippen molar-refractivity contribution in [1.82, 2.24) is 9.97 Å². The number of fused-ring (bicyclic) bond motifs is 1. The van der Waals surface area contributed by atoms with Gasteiger partial charge in [0, 0.05) is 0 Å². The summed E-state index contributed by atoms with van der Waals surface area (Å²) in [6, 6.07) is 4.59. The number of primary amides is 1. The van der Waals surface area contributed by atoms with E-state index in [1.807, 2.05) is 0 Å². The van der Waals surface area contributed by atoms with Gasteiger partial charge in [-0.15, -0.1) is 0 Å². The highest BCUT2D eigenvalue weighted by Gasteiger charge is 2.08. The summed E-state index contributed by atoms with van der Waals surface area (Å²) in [4.78, 5) is 28.5. The zero-order valence-electron chi connectivity index (χ0n) is 8.64. The van der Waals surface area contributed by atoms with Crippen LogP contribution in [0.1, 0.15) is 10.4 Å². The van der Waals surface area contributed by atoms with Crippen LogP contribution in [0.25, 0.3) is 11.0 Å². The number of aromatic carboxylic acids is 1. The number of aromatic amines is 1. The molecular formula is C10H9N3O3S. The first-order valence-electron chi connectivity index (χ1n) is 4.70. The Hall–Kier alpha value is -2.02. The number of rotatable bonds is 4. The predicted molar refractivity (Wildman–Crippen MR) is 63.0 cm³/mol. The molecule has 0 saturated carbocycles. The number of thioether (sulfide) groups is 1. The molecule has 4 N–H and O–H groups in total. The van der Waals surface area contributed by atoms with Gasteiger partial charge in [0.1, 0.15) is 0 Å². The number of hydrogen-bond donors (Lipinski definition) is 3. The molecule has 0 unspecified atom stereocenters. The van der Waals surface area contributed by atoms with Gasteiger partial charge in [-0.3, -0.25) is 4.79 Å². The van der Waals surface area contributed by atoms with Gasteiger partial charge in [-0.1, -0.05) is 11.8 Å². The first kappa shape index (κ1) is 11.5.